The number of ether oxygens (including phenoxy) is 2. The van der Waals surface area contributed by atoms with Gasteiger partial charge in [0.2, 0.25) is 5.91 Å². The van der Waals surface area contributed by atoms with Crippen molar-refractivity contribution < 1.29 is 27.4 Å². The molecular formula is C17H20F3NO3. The predicted molar refractivity (Wildman–Crippen MR) is 79.8 cm³/mol. The number of likely N-dealkylation sites (tertiary alicyclic amines) is 1. The van der Waals surface area contributed by atoms with Gasteiger partial charge in [0, 0.05) is 24.8 Å². The summed E-state index contributed by atoms with van der Waals surface area (Å²) in [7, 11) is 0. The third-order valence-corrected chi connectivity index (χ3v) is 4.51. The Balaban J connectivity index is 1.63. The number of hydrogen-bond donors (Lipinski definition) is 0. The molecule has 132 valence electrons. The highest BCUT2D eigenvalue weighted by Gasteiger charge is 2.33. The van der Waals surface area contributed by atoms with Gasteiger partial charge in [0.1, 0.15) is 12.4 Å². The van der Waals surface area contributed by atoms with Crippen LogP contribution in [-0.2, 0) is 14.3 Å². The van der Waals surface area contributed by atoms with E-state index in [0.717, 1.165) is 18.9 Å². The van der Waals surface area contributed by atoms with E-state index in [4.69, 9.17) is 9.47 Å². The number of carbonyl (C=O) groups excluding carboxylic acids is 1. The second kappa shape index (κ2) is 7.53. The quantitative estimate of drug-likeness (QED) is 0.772. The number of hydrogen-bond acceptors (Lipinski definition) is 3. The lowest BCUT2D eigenvalue weighted by atomic mass is 10.0. The zero-order valence-electron chi connectivity index (χ0n) is 13.3. The zero-order valence-corrected chi connectivity index (χ0v) is 13.3. The minimum absolute atomic E-state index is 0.0157. The van der Waals surface area contributed by atoms with E-state index in [0.29, 0.717) is 38.7 Å². The van der Waals surface area contributed by atoms with Gasteiger partial charge in [-0.05, 0) is 31.7 Å². The lowest BCUT2D eigenvalue weighted by molar-refractivity contribution is -0.138. The van der Waals surface area contributed by atoms with Crippen LogP contribution < -0.4 is 0 Å². The molecule has 0 aliphatic carbocycles. The summed E-state index contributed by atoms with van der Waals surface area (Å²) in [6.45, 7) is 1.33. The number of benzene rings is 1. The molecule has 0 aromatic heterocycles. The van der Waals surface area contributed by atoms with Crippen LogP contribution >= 0.6 is 0 Å². The van der Waals surface area contributed by atoms with Crippen LogP contribution in [0.1, 0.15) is 37.3 Å². The molecule has 2 aliphatic heterocycles. The molecule has 1 aromatic rings. The molecule has 0 saturated carbocycles. The molecule has 0 bridgehead atoms. The van der Waals surface area contributed by atoms with Crippen LogP contribution in [0.15, 0.2) is 12.1 Å². The number of amides is 1. The van der Waals surface area contributed by atoms with Crippen LogP contribution in [0.2, 0.25) is 0 Å². The monoisotopic (exact) mass is 343 g/mol. The Hall–Kier alpha value is -1.60. The summed E-state index contributed by atoms with van der Waals surface area (Å²) < 4.78 is 51.7. The van der Waals surface area contributed by atoms with Crippen molar-refractivity contribution in [3.05, 3.63) is 35.1 Å². The Bertz CT molecular complexity index is 605. The minimum Gasteiger partial charge on any atom is -0.376 e. The van der Waals surface area contributed by atoms with Crippen molar-refractivity contribution in [2.45, 2.75) is 37.8 Å². The number of halogens is 3. The Morgan fingerprint density at radius 2 is 2.08 bits per heavy atom. The van der Waals surface area contributed by atoms with Crippen molar-refractivity contribution >= 4 is 5.91 Å². The summed E-state index contributed by atoms with van der Waals surface area (Å²) >= 11 is 0. The smallest absolute Gasteiger partial charge is 0.249 e. The molecule has 2 saturated heterocycles. The van der Waals surface area contributed by atoms with Crippen molar-refractivity contribution in [1.82, 2.24) is 4.90 Å². The molecule has 2 aliphatic rings. The first-order chi connectivity index (χ1) is 11.6. The molecule has 7 heteroatoms. The van der Waals surface area contributed by atoms with Crippen molar-refractivity contribution in [3.8, 4) is 0 Å². The molecule has 24 heavy (non-hydrogen) atoms. The maximum atomic E-state index is 14.0. The minimum atomic E-state index is -1.24. The van der Waals surface area contributed by atoms with E-state index in [1.807, 2.05) is 0 Å². The van der Waals surface area contributed by atoms with Crippen LogP contribution in [-0.4, -0.2) is 43.3 Å². The van der Waals surface area contributed by atoms with Crippen LogP contribution in [0.5, 0.6) is 0 Å². The van der Waals surface area contributed by atoms with Crippen LogP contribution in [0.25, 0.3) is 0 Å². The van der Waals surface area contributed by atoms with Crippen molar-refractivity contribution in [3.63, 3.8) is 0 Å². The fourth-order valence-electron chi connectivity index (χ4n) is 3.34. The topological polar surface area (TPSA) is 38.8 Å². The molecular weight excluding hydrogens is 323 g/mol. The Kier molecular flexibility index (Phi) is 5.40. The number of rotatable bonds is 5. The molecule has 4 nitrogen and oxygen atoms in total. The fraction of sp³-hybridized carbons (Fsp3) is 0.588. The summed E-state index contributed by atoms with van der Waals surface area (Å²) in [4.78, 5) is 13.8. The molecule has 0 N–H and O–H groups in total. The first-order valence-corrected chi connectivity index (χ1v) is 8.19. The molecule has 1 aromatic carbocycles. The highest BCUT2D eigenvalue weighted by molar-refractivity contribution is 5.78. The Morgan fingerprint density at radius 3 is 2.83 bits per heavy atom. The zero-order chi connectivity index (χ0) is 17.1. The summed E-state index contributed by atoms with van der Waals surface area (Å²) in [6, 6.07) is 0.807. The summed E-state index contributed by atoms with van der Waals surface area (Å²) in [5.74, 6) is -3.49. The number of carbonyl (C=O) groups is 1. The average Bonchev–Trinajstić information content (AvgIpc) is 3.22. The van der Waals surface area contributed by atoms with Gasteiger partial charge in [-0.15, -0.1) is 0 Å². The first-order valence-electron chi connectivity index (χ1n) is 8.19. The standard InChI is InChI=1S/C17H20F3NO3/c18-11-7-13(17(20)14(19)8-11)15-4-1-5-21(15)16(22)10-23-9-12-3-2-6-24-12/h7-8,12,15H,1-6,9-10H2. The van der Waals surface area contributed by atoms with Gasteiger partial charge in [0.05, 0.1) is 18.8 Å². The highest BCUT2D eigenvalue weighted by atomic mass is 19.2. The summed E-state index contributed by atoms with van der Waals surface area (Å²) in [5, 5.41) is 0. The van der Waals surface area contributed by atoms with E-state index in [9.17, 15) is 18.0 Å². The Morgan fingerprint density at radius 1 is 1.25 bits per heavy atom. The van der Waals surface area contributed by atoms with E-state index in [2.05, 4.69) is 0 Å². The van der Waals surface area contributed by atoms with E-state index in [-0.39, 0.29) is 24.2 Å². The van der Waals surface area contributed by atoms with Crippen LogP contribution in [0.4, 0.5) is 13.2 Å². The van der Waals surface area contributed by atoms with Gasteiger partial charge >= 0.3 is 0 Å². The lowest BCUT2D eigenvalue weighted by Gasteiger charge is -2.25. The van der Waals surface area contributed by atoms with E-state index in [1.165, 1.54) is 4.90 Å². The Labute approximate surface area is 138 Å². The lowest BCUT2D eigenvalue weighted by Crippen LogP contribution is -2.34. The van der Waals surface area contributed by atoms with Gasteiger partial charge in [-0.25, -0.2) is 13.2 Å². The maximum Gasteiger partial charge on any atom is 0.249 e. The van der Waals surface area contributed by atoms with Crippen molar-refractivity contribution in [2.24, 2.45) is 0 Å². The van der Waals surface area contributed by atoms with E-state index in [1.54, 1.807) is 0 Å². The van der Waals surface area contributed by atoms with Gasteiger partial charge in [-0.2, -0.15) is 0 Å². The molecule has 0 radical (unpaired) electrons. The SMILES string of the molecule is O=C(COCC1CCCO1)N1CCCC1c1cc(F)cc(F)c1F. The second-order valence-electron chi connectivity index (χ2n) is 6.19. The van der Waals surface area contributed by atoms with Gasteiger partial charge in [0.15, 0.2) is 11.6 Å². The molecule has 2 heterocycles. The van der Waals surface area contributed by atoms with Crippen LogP contribution in [0, 0.1) is 17.5 Å². The summed E-state index contributed by atoms with van der Waals surface area (Å²) in [6.07, 6.45) is 3.04. The second-order valence-corrected chi connectivity index (χ2v) is 6.19. The van der Waals surface area contributed by atoms with Gasteiger partial charge in [-0.1, -0.05) is 0 Å². The van der Waals surface area contributed by atoms with E-state index < -0.39 is 23.5 Å². The molecule has 2 fully saturated rings. The first kappa shape index (κ1) is 17.2. The largest absolute Gasteiger partial charge is 0.376 e. The highest BCUT2D eigenvalue weighted by Crippen LogP contribution is 2.34. The maximum absolute atomic E-state index is 14.0. The summed E-state index contributed by atoms with van der Waals surface area (Å²) in [5.41, 5.74) is -0.113. The molecule has 3 rings (SSSR count). The number of nitrogens with zero attached hydrogens (tertiary/aromatic N) is 1. The fourth-order valence-corrected chi connectivity index (χ4v) is 3.34. The normalized spacial score (nSPS) is 23.9. The van der Waals surface area contributed by atoms with E-state index >= 15 is 0 Å². The average molecular weight is 343 g/mol. The van der Waals surface area contributed by atoms with Gasteiger partial charge in [-0.3, -0.25) is 4.79 Å². The third kappa shape index (κ3) is 3.72. The molecule has 2 unspecified atom stereocenters. The van der Waals surface area contributed by atoms with Crippen LogP contribution in [0.3, 0.4) is 0 Å². The van der Waals surface area contributed by atoms with Gasteiger partial charge in [0.25, 0.3) is 0 Å². The third-order valence-electron chi connectivity index (χ3n) is 4.51. The molecule has 1 amide bonds. The predicted octanol–water partition coefficient (Wildman–Crippen LogP) is 2.96. The van der Waals surface area contributed by atoms with Crippen molar-refractivity contribution in [1.29, 1.82) is 0 Å². The van der Waals surface area contributed by atoms with Crippen molar-refractivity contribution in [2.75, 3.05) is 26.4 Å². The molecule has 0 spiro atoms. The van der Waals surface area contributed by atoms with Gasteiger partial charge < -0.3 is 14.4 Å². The molecule has 2 atom stereocenters.